The van der Waals surface area contributed by atoms with Gasteiger partial charge in [0.05, 0.1) is 20.8 Å². The molecule has 0 aliphatic heterocycles. The lowest BCUT2D eigenvalue weighted by atomic mass is 10.1. The highest BCUT2D eigenvalue weighted by Crippen LogP contribution is 2.27. The zero-order valence-electron chi connectivity index (χ0n) is 17.9. The van der Waals surface area contributed by atoms with E-state index >= 15 is 0 Å². The summed E-state index contributed by atoms with van der Waals surface area (Å²) in [7, 11) is 4.88. The molecule has 30 heavy (non-hydrogen) atoms. The Labute approximate surface area is 195 Å². The number of nitrogens with one attached hydrogen (secondary N) is 2. The second-order valence-corrected chi connectivity index (χ2v) is 6.36. The topological polar surface area (TPSA) is 64.1 Å². The van der Waals surface area contributed by atoms with E-state index < -0.39 is 0 Å². The smallest absolute Gasteiger partial charge is 0.191 e. The number of nitrogens with zero attached hydrogens (tertiary/aromatic N) is 1. The van der Waals surface area contributed by atoms with Crippen molar-refractivity contribution in [3.05, 3.63) is 59.4 Å². The van der Waals surface area contributed by atoms with Crippen LogP contribution >= 0.6 is 24.0 Å². The fraction of sp³-hybridized carbons (Fsp3) is 0.409. The van der Waals surface area contributed by atoms with Gasteiger partial charge in [0, 0.05) is 20.2 Å². The van der Waals surface area contributed by atoms with Gasteiger partial charge < -0.3 is 24.8 Å². The predicted octanol–water partition coefficient (Wildman–Crippen LogP) is 3.95. The molecule has 1 atom stereocenters. The molecule has 0 saturated carbocycles. The van der Waals surface area contributed by atoms with Gasteiger partial charge in [0.15, 0.2) is 17.5 Å². The largest absolute Gasteiger partial charge is 0.493 e. The highest BCUT2D eigenvalue weighted by Gasteiger charge is 2.11. The molecule has 0 aromatic heterocycles. The summed E-state index contributed by atoms with van der Waals surface area (Å²) < 4.78 is 29.3. The van der Waals surface area contributed by atoms with Gasteiger partial charge in [-0.25, -0.2) is 4.39 Å². The predicted molar refractivity (Wildman–Crippen MR) is 129 cm³/mol. The molecule has 0 aliphatic carbocycles. The van der Waals surface area contributed by atoms with Gasteiger partial charge in [0.2, 0.25) is 0 Å². The fourth-order valence-electron chi connectivity index (χ4n) is 2.87. The number of rotatable bonds is 10. The second kappa shape index (κ2) is 14.0. The van der Waals surface area contributed by atoms with E-state index in [1.165, 1.54) is 12.1 Å². The van der Waals surface area contributed by atoms with Gasteiger partial charge in [-0.1, -0.05) is 18.2 Å². The standard InChI is InChI=1S/C22H30FN3O3.HI/c1-5-24-22(26-15-21(29-4)17-7-9-18(23)10-8-17)25-13-12-16-6-11-19(27-2)20(14-16)28-3;/h6-11,14,21H,5,12-13,15H2,1-4H3,(H2,24,25,26);1H. The first-order valence-electron chi connectivity index (χ1n) is 9.62. The first-order valence-corrected chi connectivity index (χ1v) is 9.62. The van der Waals surface area contributed by atoms with E-state index in [1.807, 2.05) is 25.1 Å². The minimum atomic E-state index is -0.266. The molecule has 2 N–H and O–H groups in total. The van der Waals surface area contributed by atoms with Crippen LogP contribution < -0.4 is 20.1 Å². The van der Waals surface area contributed by atoms with Gasteiger partial charge in [-0.15, -0.1) is 24.0 Å². The van der Waals surface area contributed by atoms with Crippen LogP contribution in [0.15, 0.2) is 47.5 Å². The summed E-state index contributed by atoms with van der Waals surface area (Å²) in [5.41, 5.74) is 2.02. The number of halogens is 2. The lowest BCUT2D eigenvalue weighted by Crippen LogP contribution is -2.38. The van der Waals surface area contributed by atoms with Crippen LogP contribution in [-0.2, 0) is 11.2 Å². The lowest BCUT2D eigenvalue weighted by Gasteiger charge is -2.16. The average molecular weight is 531 g/mol. The summed E-state index contributed by atoms with van der Waals surface area (Å²) in [5, 5.41) is 6.55. The normalized spacial score (nSPS) is 12.0. The Kier molecular flexibility index (Phi) is 12.1. The summed E-state index contributed by atoms with van der Waals surface area (Å²) in [5.74, 6) is 1.87. The number of hydrogen-bond acceptors (Lipinski definition) is 4. The Morgan fingerprint density at radius 3 is 2.30 bits per heavy atom. The van der Waals surface area contributed by atoms with Crippen LogP contribution in [0.1, 0.15) is 24.2 Å². The number of ether oxygens (including phenoxy) is 3. The molecule has 6 nitrogen and oxygen atoms in total. The summed E-state index contributed by atoms with van der Waals surface area (Å²) in [6, 6.07) is 12.2. The third-order valence-corrected chi connectivity index (χ3v) is 4.44. The van der Waals surface area contributed by atoms with Crippen molar-refractivity contribution in [1.29, 1.82) is 0 Å². The highest BCUT2D eigenvalue weighted by atomic mass is 127. The quantitative estimate of drug-likeness (QED) is 0.276. The van der Waals surface area contributed by atoms with E-state index in [0.29, 0.717) is 30.5 Å². The van der Waals surface area contributed by atoms with E-state index in [1.54, 1.807) is 33.5 Å². The van der Waals surface area contributed by atoms with E-state index in [2.05, 4.69) is 15.6 Å². The van der Waals surface area contributed by atoms with Gasteiger partial charge in [-0.05, 0) is 48.7 Å². The van der Waals surface area contributed by atoms with E-state index in [9.17, 15) is 4.39 Å². The average Bonchev–Trinajstić information content (AvgIpc) is 2.75. The van der Waals surface area contributed by atoms with E-state index in [4.69, 9.17) is 14.2 Å². The first-order chi connectivity index (χ1) is 14.1. The summed E-state index contributed by atoms with van der Waals surface area (Å²) in [6.45, 7) is 3.89. The van der Waals surface area contributed by atoms with Crippen molar-refractivity contribution >= 4 is 29.9 Å². The minimum absolute atomic E-state index is 0. The highest BCUT2D eigenvalue weighted by molar-refractivity contribution is 14.0. The molecular weight excluding hydrogens is 500 g/mol. The van der Waals surface area contributed by atoms with Crippen LogP contribution in [0.5, 0.6) is 11.5 Å². The maximum absolute atomic E-state index is 13.1. The third kappa shape index (κ3) is 7.98. The van der Waals surface area contributed by atoms with Crippen LogP contribution in [0.3, 0.4) is 0 Å². The molecule has 2 rings (SSSR count). The molecule has 8 heteroatoms. The van der Waals surface area contributed by atoms with E-state index in [-0.39, 0.29) is 35.9 Å². The van der Waals surface area contributed by atoms with Crippen molar-refractivity contribution in [3.8, 4) is 11.5 Å². The van der Waals surface area contributed by atoms with Crippen LogP contribution in [0, 0.1) is 5.82 Å². The van der Waals surface area contributed by atoms with Crippen LogP contribution in [0.25, 0.3) is 0 Å². The molecular formula is C22H31FIN3O3. The van der Waals surface area contributed by atoms with Crippen molar-refractivity contribution in [3.63, 3.8) is 0 Å². The Morgan fingerprint density at radius 1 is 1.00 bits per heavy atom. The first kappa shape index (κ1) is 26.0. The number of hydrogen-bond donors (Lipinski definition) is 2. The minimum Gasteiger partial charge on any atom is -0.493 e. The van der Waals surface area contributed by atoms with Crippen molar-refractivity contribution in [2.45, 2.75) is 19.4 Å². The molecule has 0 amide bonds. The number of aliphatic imine (C=N–C) groups is 1. The van der Waals surface area contributed by atoms with Gasteiger partial charge in [-0.2, -0.15) is 0 Å². The van der Waals surface area contributed by atoms with Crippen molar-refractivity contribution in [1.82, 2.24) is 10.6 Å². The monoisotopic (exact) mass is 531 g/mol. The molecule has 0 spiro atoms. The van der Waals surface area contributed by atoms with E-state index in [0.717, 1.165) is 24.1 Å². The molecule has 2 aromatic rings. The SMILES string of the molecule is CCNC(=NCC(OC)c1ccc(F)cc1)NCCc1ccc(OC)c(OC)c1.I. The van der Waals surface area contributed by atoms with Crippen molar-refractivity contribution < 1.29 is 18.6 Å². The Hall–Kier alpha value is -2.07. The molecule has 0 radical (unpaired) electrons. The summed E-state index contributed by atoms with van der Waals surface area (Å²) in [6.07, 6.45) is 0.563. The number of methoxy groups -OCH3 is 3. The van der Waals surface area contributed by atoms with Gasteiger partial charge in [-0.3, -0.25) is 4.99 Å². The lowest BCUT2D eigenvalue weighted by molar-refractivity contribution is 0.111. The second-order valence-electron chi connectivity index (χ2n) is 6.36. The Balaban J connectivity index is 0.00000450. The molecule has 166 valence electrons. The number of benzene rings is 2. The zero-order valence-corrected chi connectivity index (χ0v) is 20.2. The third-order valence-electron chi connectivity index (χ3n) is 4.44. The van der Waals surface area contributed by atoms with Crippen LogP contribution in [-0.4, -0.2) is 46.9 Å². The Bertz CT molecular complexity index is 788. The zero-order chi connectivity index (χ0) is 21.1. The molecule has 1 unspecified atom stereocenters. The molecule has 0 fully saturated rings. The maximum Gasteiger partial charge on any atom is 0.191 e. The van der Waals surface area contributed by atoms with Gasteiger partial charge >= 0.3 is 0 Å². The molecule has 0 bridgehead atoms. The molecule has 2 aromatic carbocycles. The van der Waals surface area contributed by atoms with Crippen molar-refractivity contribution in [2.24, 2.45) is 4.99 Å². The van der Waals surface area contributed by atoms with Crippen molar-refractivity contribution in [2.75, 3.05) is 41.0 Å². The Morgan fingerprint density at radius 2 is 1.70 bits per heavy atom. The van der Waals surface area contributed by atoms with Gasteiger partial charge in [0.1, 0.15) is 11.9 Å². The fourth-order valence-corrected chi connectivity index (χ4v) is 2.87. The number of guanidine groups is 1. The molecule has 0 saturated heterocycles. The summed E-state index contributed by atoms with van der Waals surface area (Å²) >= 11 is 0. The van der Waals surface area contributed by atoms with Crippen LogP contribution in [0.2, 0.25) is 0 Å². The summed E-state index contributed by atoms with van der Waals surface area (Å²) in [4.78, 5) is 4.61. The van der Waals surface area contributed by atoms with Crippen LogP contribution in [0.4, 0.5) is 4.39 Å². The van der Waals surface area contributed by atoms with Gasteiger partial charge in [0.25, 0.3) is 0 Å². The maximum atomic E-state index is 13.1. The molecule has 0 aliphatic rings. The molecule has 0 heterocycles.